The molecule has 0 radical (unpaired) electrons. The van der Waals surface area contributed by atoms with Crippen molar-refractivity contribution >= 4 is 17.8 Å². The molecule has 0 aromatic carbocycles. The summed E-state index contributed by atoms with van der Waals surface area (Å²) in [6.07, 6.45) is 2.88. The van der Waals surface area contributed by atoms with Crippen LogP contribution < -0.4 is 16.4 Å². The average molecular weight is 259 g/mol. The van der Waals surface area contributed by atoms with Crippen LogP contribution in [0.15, 0.2) is 0 Å². The predicted octanol–water partition coefficient (Wildman–Crippen LogP) is -1.09. The van der Waals surface area contributed by atoms with Gasteiger partial charge in [-0.3, -0.25) is 14.4 Å². The van der Waals surface area contributed by atoms with E-state index in [0.717, 1.165) is 19.3 Å². The van der Waals surface area contributed by atoms with Gasteiger partial charge in [0.1, 0.15) is 6.54 Å². The number of carbonyl (C=O) groups is 3. The van der Waals surface area contributed by atoms with Gasteiger partial charge in [0.15, 0.2) is 0 Å². The third-order valence-corrected chi connectivity index (χ3v) is 2.07. The second-order valence-electron chi connectivity index (χ2n) is 3.69. The third kappa shape index (κ3) is 9.59. The Morgan fingerprint density at radius 1 is 1.06 bits per heavy atom. The number of nitrogens with two attached hydrogens (primary N) is 1. The predicted molar refractivity (Wildman–Crippen MR) is 65.6 cm³/mol. The zero-order chi connectivity index (χ0) is 13.8. The molecular weight excluding hydrogens is 238 g/mol. The van der Waals surface area contributed by atoms with Crippen molar-refractivity contribution in [3.63, 3.8) is 0 Å². The van der Waals surface area contributed by atoms with Crippen molar-refractivity contribution in [1.82, 2.24) is 10.6 Å². The molecule has 0 unspecified atom stereocenters. The number of hydrogen-bond acceptors (Lipinski definition) is 5. The molecule has 0 bridgehead atoms. The second kappa shape index (κ2) is 10.5. The molecule has 0 aliphatic carbocycles. The van der Waals surface area contributed by atoms with Crippen LogP contribution >= 0.6 is 0 Å². The van der Waals surface area contributed by atoms with Crippen LogP contribution in [0, 0.1) is 0 Å². The van der Waals surface area contributed by atoms with Crippen LogP contribution in [0.1, 0.15) is 26.2 Å². The van der Waals surface area contributed by atoms with Gasteiger partial charge in [-0.05, 0) is 6.42 Å². The van der Waals surface area contributed by atoms with Crippen molar-refractivity contribution in [3.8, 4) is 0 Å². The molecule has 0 aliphatic heterocycles. The maximum atomic E-state index is 11.2. The van der Waals surface area contributed by atoms with E-state index in [4.69, 9.17) is 10.5 Å². The van der Waals surface area contributed by atoms with Gasteiger partial charge in [-0.2, -0.15) is 0 Å². The minimum absolute atomic E-state index is 0.174. The Hall–Kier alpha value is -1.63. The van der Waals surface area contributed by atoms with Crippen molar-refractivity contribution < 1.29 is 19.1 Å². The van der Waals surface area contributed by atoms with Gasteiger partial charge in [0.05, 0.1) is 19.7 Å². The van der Waals surface area contributed by atoms with Gasteiger partial charge in [-0.15, -0.1) is 0 Å². The highest BCUT2D eigenvalue weighted by atomic mass is 16.5. The monoisotopic (exact) mass is 259 g/mol. The molecule has 7 nitrogen and oxygen atoms in total. The van der Waals surface area contributed by atoms with E-state index in [0.29, 0.717) is 6.61 Å². The highest BCUT2D eigenvalue weighted by molar-refractivity contribution is 5.87. The van der Waals surface area contributed by atoms with Crippen LogP contribution in [0.4, 0.5) is 0 Å². The molecule has 0 saturated heterocycles. The first-order chi connectivity index (χ1) is 8.60. The zero-order valence-corrected chi connectivity index (χ0v) is 10.7. The Morgan fingerprint density at radius 3 is 2.33 bits per heavy atom. The van der Waals surface area contributed by atoms with Crippen LogP contribution in [0.25, 0.3) is 0 Å². The van der Waals surface area contributed by atoms with E-state index in [2.05, 4.69) is 17.6 Å². The molecule has 4 N–H and O–H groups in total. The van der Waals surface area contributed by atoms with Crippen molar-refractivity contribution in [1.29, 1.82) is 0 Å². The van der Waals surface area contributed by atoms with Crippen LogP contribution in [-0.2, 0) is 19.1 Å². The molecule has 0 rings (SSSR count). The number of nitrogens with one attached hydrogen (secondary N) is 2. The van der Waals surface area contributed by atoms with Gasteiger partial charge in [0.2, 0.25) is 11.8 Å². The van der Waals surface area contributed by atoms with E-state index in [-0.39, 0.29) is 19.6 Å². The standard InChI is InChI=1S/C11H21N3O4/c1-2-3-4-5-18-11(17)8-14-10(16)7-13-9(15)6-12/h2-8,12H2,1H3,(H,13,15)(H,14,16). The number of amides is 2. The van der Waals surface area contributed by atoms with E-state index in [1.54, 1.807) is 0 Å². The normalized spacial score (nSPS) is 9.67. The van der Waals surface area contributed by atoms with Crippen LogP contribution in [0.3, 0.4) is 0 Å². The Kier molecular flexibility index (Phi) is 9.57. The van der Waals surface area contributed by atoms with E-state index in [9.17, 15) is 14.4 Å². The smallest absolute Gasteiger partial charge is 0.325 e. The highest BCUT2D eigenvalue weighted by Gasteiger charge is 2.07. The fourth-order valence-electron chi connectivity index (χ4n) is 1.07. The molecule has 0 fully saturated rings. The summed E-state index contributed by atoms with van der Waals surface area (Å²) >= 11 is 0. The number of unbranched alkanes of at least 4 members (excludes halogenated alkanes) is 2. The summed E-state index contributed by atoms with van der Waals surface area (Å²) in [5, 5.41) is 4.62. The molecular formula is C11H21N3O4. The van der Waals surface area contributed by atoms with E-state index < -0.39 is 17.8 Å². The third-order valence-electron chi connectivity index (χ3n) is 2.07. The first kappa shape index (κ1) is 16.4. The summed E-state index contributed by atoms with van der Waals surface area (Å²) in [7, 11) is 0. The summed E-state index contributed by atoms with van der Waals surface area (Å²) < 4.78 is 4.88. The summed E-state index contributed by atoms with van der Waals surface area (Å²) in [6, 6.07) is 0. The molecule has 104 valence electrons. The molecule has 0 heterocycles. The molecule has 0 spiro atoms. The first-order valence-electron chi connectivity index (χ1n) is 5.99. The van der Waals surface area contributed by atoms with Gasteiger partial charge in [0.25, 0.3) is 0 Å². The number of carbonyl (C=O) groups excluding carboxylic acids is 3. The first-order valence-corrected chi connectivity index (χ1v) is 5.99. The molecule has 2 amide bonds. The topological polar surface area (TPSA) is 111 Å². The number of hydrogen-bond donors (Lipinski definition) is 3. The molecule has 18 heavy (non-hydrogen) atoms. The van der Waals surface area contributed by atoms with Crippen LogP contribution in [0.5, 0.6) is 0 Å². The van der Waals surface area contributed by atoms with Crippen molar-refractivity contribution in [3.05, 3.63) is 0 Å². The van der Waals surface area contributed by atoms with Crippen molar-refractivity contribution in [2.45, 2.75) is 26.2 Å². The summed E-state index contributed by atoms with van der Waals surface area (Å²) in [4.78, 5) is 33.1. The second-order valence-corrected chi connectivity index (χ2v) is 3.69. The van der Waals surface area contributed by atoms with E-state index >= 15 is 0 Å². The highest BCUT2D eigenvalue weighted by Crippen LogP contribution is 1.93. The Bertz CT molecular complexity index is 281. The molecule has 7 heteroatoms. The average Bonchev–Trinajstić information content (AvgIpc) is 2.38. The number of esters is 1. The lowest BCUT2D eigenvalue weighted by molar-refractivity contribution is -0.144. The Balaban J connectivity index is 3.53. The Labute approximate surface area is 106 Å². The SMILES string of the molecule is CCCCCOC(=O)CNC(=O)CNC(=O)CN. The van der Waals surface area contributed by atoms with Gasteiger partial charge in [-0.1, -0.05) is 19.8 Å². The fraction of sp³-hybridized carbons (Fsp3) is 0.727. The Morgan fingerprint density at radius 2 is 1.72 bits per heavy atom. The van der Waals surface area contributed by atoms with E-state index in [1.165, 1.54) is 0 Å². The van der Waals surface area contributed by atoms with Gasteiger partial charge >= 0.3 is 5.97 Å². The maximum absolute atomic E-state index is 11.2. The van der Waals surface area contributed by atoms with Gasteiger partial charge in [0, 0.05) is 0 Å². The molecule has 0 aromatic heterocycles. The van der Waals surface area contributed by atoms with Gasteiger partial charge in [-0.25, -0.2) is 0 Å². The lowest BCUT2D eigenvalue weighted by Crippen LogP contribution is -2.41. The van der Waals surface area contributed by atoms with Gasteiger partial charge < -0.3 is 21.1 Å². The summed E-state index contributed by atoms with van der Waals surface area (Å²) in [6.45, 7) is 1.86. The quantitative estimate of drug-likeness (QED) is 0.360. The number of ether oxygens (including phenoxy) is 1. The minimum atomic E-state index is -0.482. The van der Waals surface area contributed by atoms with Crippen LogP contribution in [-0.4, -0.2) is 44.0 Å². The molecule has 0 aliphatic rings. The summed E-state index contributed by atoms with van der Waals surface area (Å²) in [5.41, 5.74) is 5.04. The van der Waals surface area contributed by atoms with E-state index in [1.807, 2.05) is 0 Å². The largest absolute Gasteiger partial charge is 0.464 e. The molecule has 0 saturated carbocycles. The lowest BCUT2D eigenvalue weighted by atomic mass is 10.3. The number of rotatable bonds is 9. The van der Waals surface area contributed by atoms with Crippen molar-refractivity contribution in [2.24, 2.45) is 5.73 Å². The fourth-order valence-corrected chi connectivity index (χ4v) is 1.07. The zero-order valence-electron chi connectivity index (χ0n) is 10.7. The molecule has 0 atom stereocenters. The lowest BCUT2D eigenvalue weighted by Gasteiger charge is -2.06. The maximum Gasteiger partial charge on any atom is 0.325 e. The minimum Gasteiger partial charge on any atom is -0.464 e. The van der Waals surface area contributed by atoms with Crippen LogP contribution in [0.2, 0.25) is 0 Å². The van der Waals surface area contributed by atoms with Crippen molar-refractivity contribution in [2.75, 3.05) is 26.2 Å². The molecule has 0 aromatic rings. The summed E-state index contributed by atoms with van der Waals surface area (Å²) in [5.74, 6) is -1.36.